The van der Waals surface area contributed by atoms with E-state index in [9.17, 15) is 4.79 Å². The van der Waals surface area contributed by atoms with Gasteiger partial charge in [0.15, 0.2) is 0 Å². The van der Waals surface area contributed by atoms with Crippen molar-refractivity contribution >= 4 is 5.91 Å². The van der Waals surface area contributed by atoms with Crippen LogP contribution in [0.5, 0.6) is 0 Å². The lowest BCUT2D eigenvalue weighted by atomic mass is 10.0. The summed E-state index contributed by atoms with van der Waals surface area (Å²) < 4.78 is 0. The quantitative estimate of drug-likeness (QED) is 0.918. The molecule has 4 nitrogen and oxygen atoms in total. The summed E-state index contributed by atoms with van der Waals surface area (Å²) in [5.41, 5.74) is 2.22. The Kier molecular flexibility index (Phi) is 4.27. The van der Waals surface area contributed by atoms with Crippen LogP contribution < -0.4 is 0 Å². The van der Waals surface area contributed by atoms with E-state index in [0.29, 0.717) is 17.9 Å². The first-order valence-corrected chi connectivity index (χ1v) is 7.91. The highest BCUT2D eigenvalue weighted by atomic mass is 16.3. The second kappa shape index (κ2) is 6.16. The van der Waals surface area contributed by atoms with Crippen molar-refractivity contribution in [3.63, 3.8) is 0 Å². The molecule has 1 atom stereocenters. The molecule has 1 N–H and O–H groups in total. The first-order valence-electron chi connectivity index (χ1n) is 7.91. The molecule has 1 heterocycles. The second-order valence-electron chi connectivity index (χ2n) is 6.21. The molecule has 1 aromatic rings. The van der Waals surface area contributed by atoms with Gasteiger partial charge in [-0.05, 0) is 30.9 Å². The van der Waals surface area contributed by atoms with Gasteiger partial charge >= 0.3 is 0 Å². The maximum atomic E-state index is 12.1. The van der Waals surface area contributed by atoms with Gasteiger partial charge in [0.05, 0.1) is 6.61 Å². The summed E-state index contributed by atoms with van der Waals surface area (Å²) in [6.45, 7) is 5.91. The van der Waals surface area contributed by atoms with E-state index in [1.807, 2.05) is 17.0 Å². The Morgan fingerprint density at radius 2 is 1.81 bits per heavy atom. The Labute approximate surface area is 126 Å². The molecule has 2 aliphatic rings. The molecule has 1 saturated carbocycles. The fourth-order valence-corrected chi connectivity index (χ4v) is 3.03. The highest BCUT2D eigenvalue weighted by molar-refractivity contribution is 5.81. The van der Waals surface area contributed by atoms with Crippen LogP contribution in [-0.4, -0.2) is 47.0 Å². The van der Waals surface area contributed by atoms with Gasteiger partial charge in [-0.1, -0.05) is 24.3 Å². The van der Waals surface area contributed by atoms with Crippen molar-refractivity contribution < 1.29 is 9.90 Å². The van der Waals surface area contributed by atoms with E-state index in [2.05, 4.69) is 24.0 Å². The summed E-state index contributed by atoms with van der Waals surface area (Å²) >= 11 is 0. The third-order valence-electron chi connectivity index (χ3n) is 4.74. The fraction of sp³-hybridized carbons (Fsp3) is 0.588. The van der Waals surface area contributed by atoms with E-state index in [-0.39, 0.29) is 6.61 Å². The minimum absolute atomic E-state index is 0.0939. The molecular formula is C17H24N2O2. The standard InChI is InChI=1S/C17H24N2O2/c1-13(15-4-2-14(12-20)3-5-15)18-8-10-19(11-9-18)17(21)16-6-7-16/h2-5,13,16,20H,6-12H2,1H3. The zero-order valence-electron chi connectivity index (χ0n) is 12.7. The average molecular weight is 288 g/mol. The average Bonchev–Trinajstić information content (AvgIpc) is 3.39. The minimum atomic E-state index is 0.0939. The zero-order chi connectivity index (χ0) is 14.8. The number of hydrogen-bond donors (Lipinski definition) is 1. The third kappa shape index (κ3) is 3.27. The number of aliphatic hydroxyl groups is 1. The molecular weight excluding hydrogens is 264 g/mol. The van der Waals surface area contributed by atoms with Crippen LogP contribution in [0.25, 0.3) is 0 Å². The van der Waals surface area contributed by atoms with Gasteiger partial charge in [-0.15, -0.1) is 0 Å². The highest BCUT2D eigenvalue weighted by Gasteiger charge is 2.35. The molecule has 0 radical (unpaired) electrons. The lowest BCUT2D eigenvalue weighted by Crippen LogP contribution is -2.49. The Morgan fingerprint density at radius 3 is 2.33 bits per heavy atom. The van der Waals surface area contributed by atoms with Gasteiger partial charge in [0, 0.05) is 38.1 Å². The Hall–Kier alpha value is -1.39. The van der Waals surface area contributed by atoms with Crippen molar-refractivity contribution in [2.24, 2.45) is 5.92 Å². The summed E-state index contributed by atoms with van der Waals surface area (Å²) in [5, 5.41) is 9.10. The molecule has 4 heteroatoms. The molecule has 1 unspecified atom stereocenters. The van der Waals surface area contributed by atoms with Crippen LogP contribution in [-0.2, 0) is 11.4 Å². The topological polar surface area (TPSA) is 43.8 Å². The lowest BCUT2D eigenvalue weighted by Gasteiger charge is -2.38. The van der Waals surface area contributed by atoms with Crippen LogP contribution in [0, 0.1) is 5.92 Å². The van der Waals surface area contributed by atoms with Gasteiger partial charge in [0.25, 0.3) is 0 Å². The number of piperazine rings is 1. The summed E-state index contributed by atoms with van der Waals surface area (Å²) in [6.07, 6.45) is 2.18. The Morgan fingerprint density at radius 1 is 1.19 bits per heavy atom. The van der Waals surface area contributed by atoms with Gasteiger partial charge in [-0.25, -0.2) is 0 Å². The molecule has 1 aromatic carbocycles. The van der Waals surface area contributed by atoms with Crippen molar-refractivity contribution in [3.05, 3.63) is 35.4 Å². The normalized spacial score (nSPS) is 21.3. The monoisotopic (exact) mass is 288 g/mol. The summed E-state index contributed by atoms with van der Waals surface area (Å²) in [4.78, 5) is 16.5. The van der Waals surface area contributed by atoms with Gasteiger partial charge < -0.3 is 10.0 Å². The maximum absolute atomic E-state index is 12.1. The van der Waals surface area contributed by atoms with Crippen LogP contribution in [0.15, 0.2) is 24.3 Å². The molecule has 21 heavy (non-hydrogen) atoms. The van der Waals surface area contributed by atoms with Gasteiger partial charge in [-0.3, -0.25) is 9.69 Å². The third-order valence-corrected chi connectivity index (χ3v) is 4.74. The molecule has 0 spiro atoms. The second-order valence-corrected chi connectivity index (χ2v) is 6.21. The van der Waals surface area contributed by atoms with E-state index in [1.54, 1.807) is 0 Å². The van der Waals surface area contributed by atoms with E-state index in [4.69, 9.17) is 5.11 Å². The van der Waals surface area contributed by atoms with Crippen LogP contribution in [0.4, 0.5) is 0 Å². The SMILES string of the molecule is CC(c1ccc(CO)cc1)N1CCN(C(=O)C2CC2)CC1. The Balaban J connectivity index is 1.56. The van der Waals surface area contributed by atoms with Crippen molar-refractivity contribution in [2.75, 3.05) is 26.2 Å². The van der Waals surface area contributed by atoms with Crippen LogP contribution >= 0.6 is 0 Å². The van der Waals surface area contributed by atoms with Gasteiger partial charge in [-0.2, -0.15) is 0 Å². The largest absolute Gasteiger partial charge is 0.392 e. The van der Waals surface area contributed by atoms with Crippen molar-refractivity contribution in [2.45, 2.75) is 32.4 Å². The van der Waals surface area contributed by atoms with E-state index in [1.165, 1.54) is 5.56 Å². The van der Waals surface area contributed by atoms with E-state index < -0.39 is 0 Å². The number of carbonyl (C=O) groups is 1. The molecule has 1 aliphatic carbocycles. The summed E-state index contributed by atoms with van der Waals surface area (Å²) in [7, 11) is 0. The van der Waals surface area contributed by atoms with Crippen molar-refractivity contribution in [1.29, 1.82) is 0 Å². The molecule has 1 amide bonds. The van der Waals surface area contributed by atoms with Crippen LogP contribution in [0.2, 0.25) is 0 Å². The number of benzene rings is 1. The van der Waals surface area contributed by atoms with E-state index in [0.717, 1.165) is 44.6 Å². The highest BCUT2D eigenvalue weighted by Crippen LogP contribution is 2.31. The van der Waals surface area contributed by atoms with Crippen LogP contribution in [0.3, 0.4) is 0 Å². The van der Waals surface area contributed by atoms with Crippen LogP contribution in [0.1, 0.15) is 36.9 Å². The van der Waals surface area contributed by atoms with Crippen molar-refractivity contribution in [1.82, 2.24) is 9.80 Å². The fourth-order valence-electron chi connectivity index (χ4n) is 3.03. The predicted octanol–water partition coefficient (Wildman–Crippen LogP) is 1.79. The van der Waals surface area contributed by atoms with Gasteiger partial charge in [0.2, 0.25) is 5.91 Å². The number of carbonyl (C=O) groups excluding carboxylic acids is 1. The summed E-state index contributed by atoms with van der Waals surface area (Å²) in [6, 6.07) is 8.52. The predicted molar refractivity (Wildman–Crippen MR) is 81.7 cm³/mol. The summed E-state index contributed by atoms with van der Waals surface area (Å²) in [5.74, 6) is 0.703. The number of amides is 1. The smallest absolute Gasteiger partial charge is 0.225 e. The van der Waals surface area contributed by atoms with E-state index >= 15 is 0 Å². The molecule has 114 valence electrons. The number of nitrogens with zero attached hydrogens (tertiary/aromatic N) is 2. The van der Waals surface area contributed by atoms with Crippen molar-refractivity contribution in [3.8, 4) is 0 Å². The Bertz CT molecular complexity index is 488. The molecule has 1 saturated heterocycles. The molecule has 1 aliphatic heterocycles. The first kappa shape index (κ1) is 14.5. The molecule has 0 aromatic heterocycles. The maximum Gasteiger partial charge on any atom is 0.225 e. The molecule has 3 rings (SSSR count). The lowest BCUT2D eigenvalue weighted by molar-refractivity contribution is -0.134. The molecule has 2 fully saturated rings. The van der Waals surface area contributed by atoms with Gasteiger partial charge in [0.1, 0.15) is 0 Å². The molecule has 0 bridgehead atoms. The number of hydrogen-bond acceptors (Lipinski definition) is 3. The first-order chi connectivity index (χ1) is 10.2. The minimum Gasteiger partial charge on any atom is -0.392 e. The number of aliphatic hydroxyl groups excluding tert-OH is 1. The zero-order valence-corrected chi connectivity index (χ0v) is 12.7. The number of rotatable bonds is 4.